The smallest absolute Gasteiger partial charge is 0.246 e. The van der Waals surface area contributed by atoms with Crippen LogP contribution in [0, 0.1) is 5.41 Å². The average molecular weight is 294 g/mol. The maximum absolute atomic E-state index is 12.8. The monoisotopic (exact) mass is 294 g/mol. The van der Waals surface area contributed by atoms with Crippen molar-refractivity contribution in [3.05, 3.63) is 0 Å². The number of amides is 2. The second-order valence-corrected chi connectivity index (χ2v) is 7.00. The number of nitrogens with zero attached hydrogens (tertiary/aromatic N) is 2. The summed E-state index contributed by atoms with van der Waals surface area (Å²) in [7, 11) is 0. The van der Waals surface area contributed by atoms with Gasteiger partial charge in [0.2, 0.25) is 11.8 Å². The molecule has 3 heterocycles. The molecule has 0 aromatic rings. The van der Waals surface area contributed by atoms with Crippen LogP contribution in [0.1, 0.15) is 46.0 Å². The van der Waals surface area contributed by atoms with E-state index < -0.39 is 0 Å². The number of hydrogen-bond donors (Lipinski definition) is 0. The predicted octanol–water partition coefficient (Wildman–Crippen LogP) is 1.41. The topological polar surface area (TPSA) is 49.9 Å². The van der Waals surface area contributed by atoms with Gasteiger partial charge in [0.05, 0.1) is 0 Å². The molecule has 3 aliphatic heterocycles. The van der Waals surface area contributed by atoms with Crippen LogP contribution in [0.3, 0.4) is 0 Å². The highest BCUT2D eigenvalue weighted by molar-refractivity contribution is 5.97. The number of rotatable bonds is 3. The second-order valence-electron chi connectivity index (χ2n) is 7.00. The Hall–Kier alpha value is -1.10. The summed E-state index contributed by atoms with van der Waals surface area (Å²) >= 11 is 0. The summed E-state index contributed by atoms with van der Waals surface area (Å²) in [6, 6.07) is -0.449. The van der Waals surface area contributed by atoms with Gasteiger partial charge in [0.25, 0.3) is 0 Å². The SMILES string of the molecule is CCC1C(=O)N2CCCC2C(=O)N1CC1(C)CCOCC1. The molecule has 3 rings (SSSR count). The van der Waals surface area contributed by atoms with E-state index in [0.29, 0.717) is 13.0 Å². The van der Waals surface area contributed by atoms with Gasteiger partial charge in [-0.1, -0.05) is 13.8 Å². The molecule has 118 valence electrons. The number of hydrogen-bond acceptors (Lipinski definition) is 3. The van der Waals surface area contributed by atoms with Gasteiger partial charge in [0.15, 0.2) is 0 Å². The van der Waals surface area contributed by atoms with Crippen LogP contribution < -0.4 is 0 Å². The van der Waals surface area contributed by atoms with Crippen molar-refractivity contribution in [3.63, 3.8) is 0 Å². The Morgan fingerprint density at radius 2 is 1.95 bits per heavy atom. The summed E-state index contributed by atoms with van der Waals surface area (Å²) in [5, 5.41) is 0. The van der Waals surface area contributed by atoms with Crippen molar-refractivity contribution in [1.29, 1.82) is 0 Å². The lowest BCUT2D eigenvalue weighted by atomic mass is 9.81. The normalized spacial score (nSPS) is 32.5. The van der Waals surface area contributed by atoms with E-state index in [2.05, 4.69) is 6.92 Å². The zero-order valence-electron chi connectivity index (χ0n) is 13.1. The van der Waals surface area contributed by atoms with Gasteiger partial charge in [-0.05, 0) is 37.5 Å². The molecule has 3 aliphatic rings. The number of carbonyl (C=O) groups is 2. The summed E-state index contributed by atoms with van der Waals surface area (Å²) in [6.07, 6.45) is 4.43. The molecule has 0 N–H and O–H groups in total. The highest BCUT2D eigenvalue weighted by Crippen LogP contribution is 2.35. The molecule has 0 radical (unpaired) electrons. The third-order valence-corrected chi connectivity index (χ3v) is 5.40. The molecule has 0 spiro atoms. The van der Waals surface area contributed by atoms with Gasteiger partial charge in [-0.2, -0.15) is 0 Å². The summed E-state index contributed by atoms with van der Waals surface area (Å²) in [6.45, 7) is 7.21. The molecule has 2 atom stereocenters. The molecular formula is C16H26N2O3. The minimum absolute atomic E-state index is 0.0857. The van der Waals surface area contributed by atoms with Crippen LogP contribution >= 0.6 is 0 Å². The van der Waals surface area contributed by atoms with Crippen molar-refractivity contribution < 1.29 is 14.3 Å². The molecule has 3 fully saturated rings. The van der Waals surface area contributed by atoms with Crippen molar-refractivity contribution in [2.24, 2.45) is 5.41 Å². The Labute approximate surface area is 126 Å². The van der Waals surface area contributed by atoms with Gasteiger partial charge in [0, 0.05) is 26.3 Å². The summed E-state index contributed by atoms with van der Waals surface area (Å²) in [5.41, 5.74) is 0.0857. The molecule has 5 nitrogen and oxygen atoms in total. The van der Waals surface area contributed by atoms with E-state index in [0.717, 1.165) is 45.4 Å². The average Bonchev–Trinajstić information content (AvgIpc) is 2.95. The van der Waals surface area contributed by atoms with Gasteiger partial charge >= 0.3 is 0 Å². The molecule has 21 heavy (non-hydrogen) atoms. The first-order valence-corrected chi connectivity index (χ1v) is 8.24. The Kier molecular flexibility index (Phi) is 3.95. The predicted molar refractivity (Wildman–Crippen MR) is 78.7 cm³/mol. The fourth-order valence-electron chi connectivity index (χ4n) is 3.97. The quantitative estimate of drug-likeness (QED) is 0.791. The maximum Gasteiger partial charge on any atom is 0.246 e. The van der Waals surface area contributed by atoms with Crippen molar-refractivity contribution in [3.8, 4) is 0 Å². The van der Waals surface area contributed by atoms with E-state index in [-0.39, 0.29) is 29.3 Å². The van der Waals surface area contributed by atoms with Gasteiger partial charge in [-0.25, -0.2) is 0 Å². The third kappa shape index (κ3) is 2.56. The van der Waals surface area contributed by atoms with Crippen LogP contribution in [0.4, 0.5) is 0 Å². The Morgan fingerprint density at radius 1 is 1.24 bits per heavy atom. The van der Waals surface area contributed by atoms with E-state index in [9.17, 15) is 9.59 Å². The summed E-state index contributed by atoms with van der Waals surface area (Å²) < 4.78 is 5.45. The minimum Gasteiger partial charge on any atom is -0.381 e. The second kappa shape index (κ2) is 5.59. The van der Waals surface area contributed by atoms with Crippen molar-refractivity contribution in [1.82, 2.24) is 9.80 Å². The van der Waals surface area contributed by atoms with Crippen molar-refractivity contribution in [2.45, 2.75) is 58.0 Å². The minimum atomic E-state index is -0.258. The molecule has 5 heteroatoms. The lowest BCUT2D eigenvalue weighted by Crippen LogP contribution is -2.64. The van der Waals surface area contributed by atoms with Gasteiger partial charge in [-0.15, -0.1) is 0 Å². The number of piperazine rings is 1. The highest BCUT2D eigenvalue weighted by atomic mass is 16.5. The number of carbonyl (C=O) groups excluding carboxylic acids is 2. The van der Waals surface area contributed by atoms with Gasteiger partial charge in [0.1, 0.15) is 12.1 Å². The third-order valence-electron chi connectivity index (χ3n) is 5.40. The molecule has 0 aromatic heterocycles. The summed E-state index contributed by atoms with van der Waals surface area (Å²) in [5.74, 6) is 0.335. The lowest BCUT2D eigenvalue weighted by molar-refractivity contribution is -0.162. The van der Waals surface area contributed by atoms with E-state index in [1.54, 1.807) is 0 Å². The van der Waals surface area contributed by atoms with Crippen LogP contribution in [0.15, 0.2) is 0 Å². The maximum atomic E-state index is 12.8. The van der Waals surface area contributed by atoms with E-state index >= 15 is 0 Å². The zero-order valence-corrected chi connectivity index (χ0v) is 13.1. The molecule has 0 aromatic carbocycles. The van der Waals surface area contributed by atoms with Crippen LogP contribution in [-0.4, -0.2) is 60.0 Å². The molecular weight excluding hydrogens is 268 g/mol. The van der Waals surface area contributed by atoms with Crippen LogP contribution in [0.25, 0.3) is 0 Å². The highest BCUT2D eigenvalue weighted by Gasteiger charge is 2.48. The molecule has 2 amide bonds. The standard InChI is InChI=1S/C16H26N2O3/c1-3-12-14(19)17-8-4-5-13(17)15(20)18(12)11-16(2)6-9-21-10-7-16/h12-13H,3-11H2,1-2H3. The zero-order chi connectivity index (χ0) is 15.0. The van der Waals surface area contributed by atoms with Crippen LogP contribution in [0.2, 0.25) is 0 Å². The summed E-state index contributed by atoms with van der Waals surface area (Å²) in [4.78, 5) is 29.2. The van der Waals surface area contributed by atoms with E-state index in [1.165, 1.54) is 0 Å². The molecule has 0 saturated carbocycles. The molecule has 3 saturated heterocycles. The van der Waals surface area contributed by atoms with Crippen molar-refractivity contribution >= 4 is 11.8 Å². The fourth-order valence-corrected chi connectivity index (χ4v) is 3.97. The van der Waals surface area contributed by atoms with E-state index in [1.807, 2.05) is 16.7 Å². The first-order valence-electron chi connectivity index (χ1n) is 8.24. The Bertz CT molecular complexity index is 431. The van der Waals surface area contributed by atoms with Crippen LogP contribution in [0.5, 0.6) is 0 Å². The molecule has 2 unspecified atom stereocenters. The van der Waals surface area contributed by atoms with E-state index in [4.69, 9.17) is 4.74 Å². The fraction of sp³-hybridized carbons (Fsp3) is 0.875. The number of ether oxygens (including phenoxy) is 1. The Morgan fingerprint density at radius 3 is 2.62 bits per heavy atom. The lowest BCUT2D eigenvalue weighted by Gasteiger charge is -2.46. The largest absolute Gasteiger partial charge is 0.381 e. The van der Waals surface area contributed by atoms with Gasteiger partial charge < -0.3 is 14.5 Å². The first kappa shape index (κ1) is 14.8. The molecule has 0 aliphatic carbocycles. The van der Waals surface area contributed by atoms with Crippen molar-refractivity contribution in [2.75, 3.05) is 26.3 Å². The van der Waals surface area contributed by atoms with Gasteiger partial charge in [-0.3, -0.25) is 9.59 Å². The number of fused-ring (bicyclic) bond motifs is 1. The molecule has 0 bridgehead atoms. The first-order chi connectivity index (χ1) is 10.1. The van der Waals surface area contributed by atoms with Crippen LogP contribution in [-0.2, 0) is 14.3 Å². The Balaban J connectivity index is 1.81.